The number of rotatable bonds is 3. The first-order valence-electron chi connectivity index (χ1n) is 6.21. The van der Waals surface area contributed by atoms with Crippen LogP contribution in [0.5, 0.6) is 0 Å². The number of nitrogens with one attached hydrogen (secondary N) is 1. The number of hydrogen-bond donors (Lipinski definition) is 2. The lowest BCUT2D eigenvalue weighted by atomic mass is 9.93. The van der Waals surface area contributed by atoms with E-state index in [0.717, 1.165) is 25.8 Å². The van der Waals surface area contributed by atoms with Gasteiger partial charge in [0.2, 0.25) is 0 Å². The van der Waals surface area contributed by atoms with Crippen LogP contribution in [0.4, 0.5) is 0 Å². The van der Waals surface area contributed by atoms with Gasteiger partial charge in [0.25, 0.3) is 0 Å². The molecule has 0 saturated heterocycles. The number of aliphatic hydroxyl groups excluding tert-OH is 1. The van der Waals surface area contributed by atoms with Gasteiger partial charge in [-0.25, -0.2) is 0 Å². The largest absolute Gasteiger partial charge is 0.393 e. The lowest BCUT2D eigenvalue weighted by Crippen LogP contribution is -2.35. The zero-order valence-electron chi connectivity index (χ0n) is 9.95. The molecule has 0 radical (unpaired) electrons. The number of aryl methyl sites for hydroxylation is 1. The van der Waals surface area contributed by atoms with Crippen LogP contribution in [0.15, 0.2) is 24.3 Å². The maximum absolute atomic E-state index is 9.58. The second-order valence-corrected chi connectivity index (χ2v) is 4.89. The van der Waals surface area contributed by atoms with E-state index in [4.69, 9.17) is 0 Å². The molecule has 0 bridgehead atoms. The molecule has 0 spiro atoms. The molecular weight excluding hydrogens is 198 g/mol. The van der Waals surface area contributed by atoms with Gasteiger partial charge in [0.1, 0.15) is 0 Å². The van der Waals surface area contributed by atoms with E-state index in [1.165, 1.54) is 17.5 Å². The van der Waals surface area contributed by atoms with Crippen molar-refractivity contribution in [2.24, 2.45) is 0 Å². The Hall–Kier alpha value is -0.860. The van der Waals surface area contributed by atoms with Crippen molar-refractivity contribution < 1.29 is 5.11 Å². The van der Waals surface area contributed by atoms with Crippen LogP contribution in [0.25, 0.3) is 0 Å². The van der Waals surface area contributed by atoms with Crippen molar-refractivity contribution in [3.63, 3.8) is 0 Å². The molecule has 0 amide bonds. The van der Waals surface area contributed by atoms with Gasteiger partial charge in [-0.1, -0.05) is 29.8 Å². The van der Waals surface area contributed by atoms with Crippen molar-refractivity contribution in [1.82, 2.24) is 5.32 Å². The van der Waals surface area contributed by atoms with Gasteiger partial charge in [0.05, 0.1) is 6.10 Å². The van der Waals surface area contributed by atoms with Crippen LogP contribution < -0.4 is 5.32 Å². The van der Waals surface area contributed by atoms with Crippen molar-refractivity contribution >= 4 is 0 Å². The first kappa shape index (κ1) is 11.6. The summed E-state index contributed by atoms with van der Waals surface area (Å²) in [4.78, 5) is 0. The number of hydrogen-bond acceptors (Lipinski definition) is 2. The van der Waals surface area contributed by atoms with E-state index < -0.39 is 0 Å². The maximum atomic E-state index is 9.58. The normalized spacial score (nSPS) is 25.6. The molecule has 2 rings (SSSR count). The van der Waals surface area contributed by atoms with E-state index in [2.05, 4.69) is 36.5 Å². The SMILES string of the molecule is Cc1cccc(CNC2CCCC(O)C2)c1. The number of aliphatic hydroxyl groups is 1. The fraction of sp³-hybridized carbons (Fsp3) is 0.571. The van der Waals surface area contributed by atoms with Crippen LogP contribution in [-0.2, 0) is 6.54 Å². The monoisotopic (exact) mass is 219 g/mol. The minimum Gasteiger partial charge on any atom is -0.393 e. The van der Waals surface area contributed by atoms with Crippen molar-refractivity contribution in [3.8, 4) is 0 Å². The predicted molar refractivity (Wildman–Crippen MR) is 66.3 cm³/mol. The first-order chi connectivity index (χ1) is 7.74. The summed E-state index contributed by atoms with van der Waals surface area (Å²) < 4.78 is 0. The Morgan fingerprint density at radius 2 is 2.25 bits per heavy atom. The molecule has 2 heteroatoms. The summed E-state index contributed by atoms with van der Waals surface area (Å²) in [5, 5.41) is 13.1. The van der Waals surface area contributed by atoms with Crippen molar-refractivity contribution in [1.29, 1.82) is 0 Å². The first-order valence-corrected chi connectivity index (χ1v) is 6.21. The Morgan fingerprint density at radius 1 is 1.38 bits per heavy atom. The molecule has 16 heavy (non-hydrogen) atoms. The van der Waals surface area contributed by atoms with Crippen LogP contribution in [-0.4, -0.2) is 17.3 Å². The Labute approximate surface area is 97.7 Å². The highest BCUT2D eigenvalue weighted by molar-refractivity contribution is 5.22. The Balaban J connectivity index is 1.82. The van der Waals surface area contributed by atoms with E-state index >= 15 is 0 Å². The third kappa shape index (κ3) is 3.32. The maximum Gasteiger partial charge on any atom is 0.0555 e. The molecule has 0 heterocycles. The highest BCUT2D eigenvalue weighted by Gasteiger charge is 2.19. The van der Waals surface area contributed by atoms with E-state index in [0.29, 0.717) is 6.04 Å². The van der Waals surface area contributed by atoms with Gasteiger partial charge < -0.3 is 10.4 Å². The van der Waals surface area contributed by atoms with Crippen LogP contribution in [0, 0.1) is 6.92 Å². The molecule has 2 unspecified atom stereocenters. The van der Waals surface area contributed by atoms with E-state index in [1.807, 2.05) is 0 Å². The Morgan fingerprint density at radius 3 is 3.00 bits per heavy atom. The van der Waals surface area contributed by atoms with E-state index in [1.54, 1.807) is 0 Å². The van der Waals surface area contributed by atoms with Gasteiger partial charge >= 0.3 is 0 Å². The van der Waals surface area contributed by atoms with Crippen molar-refractivity contribution in [3.05, 3.63) is 35.4 Å². The highest BCUT2D eigenvalue weighted by Crippen LogP contribution is 2.18. The quantitative estimate of drug-likeness (QED) is 0.818. The summed E-state index contributed by atoms with van der Waals surface area (Å²) in [5.74, 6) is 0. The number of benzene rings is 1. The zero-order chi connectivity index (χ0) is 11.4. The summed E-state index contributed by atoms with van der Waals surface area (Å²) >= 11 is 0. The van der Waals surface area contributed by atoms with E-state index in [-0.39, 0.29) is 6.10 Å². The third-order valence-electron chi connectivity index (χ3n) is 3.32. The molecule has 2 N–H and O–H groups in total. The third-order valence-corrected chi connectivity index (χ3v) is 3.32. The molecule has 1 fully saturated rings. The van der Waals surface area contributed by atoms with Crippen LogP contribution in [0.1, 0.15) is 36.8 Å². The molecule has 88 valence electrons. The molecule has 2 nitrogen and oxygen atoms in total. The zero-order valence-corrected chi connectivity index (χ0v) is 9.95. The lowest BCUT2D eigenvalue weighted by Gasteiger charge is -2.26. The van der Waals surface area contributed by atoms with Crippen molar-refractivity contribution in [2.45, 2.75) is 51.3 Å². The second-order valence-electron chi connectivity index (χ2n) is 4.89. The summed E-state index contributed by atoms with van der Waals surface area (Å²) in [6, 6.07) is 9.07. The molecular formula is C14H21NO. The van der Waals surface area contributed by atoms with Gasteiger partial charge in [0.15, 0.2) is 0 Å². The predicted octanol–water partition coefficient (Wildman–Crippen LogP) is 2.39. The second kappa shape index (κ2) is 5.46. The van der Waals surface area contributed by atoms with Gasteiger partial charge in [-0.3, -0.25) is 0 Å². The molecule has 1 aromatic carbocycles. The Bertz CT molecular complexity index is 337. The summed E-state index contributed by atoms with van der Waals surface area (Å²) in [5.41, 5.74) is 2.64. The minimum absolute atomic E-state index is 0.0937. The van der Waals surface area contributed by atoms with E-state index in [9.17, 15) is 5.11 Å². The summed E-state index contributed by atoms with van der Waals surface area (Å²) in [7, 11) is 0. The van der Waals surface area contributed by atoms with Crippen molar-refractivity contribution in [2.75, 3.05) is 0 Å². The molecule has 0 aliphatic heterocycles. The average Bonchev–Trinajstić information content (AvgIpc) is 2.27. The summed E-state index contributed by atoms with van der Waals surface area (Å²) in [6.07, 6.45) is 4.13. The lowest BCUT2D eigenvalue weighted by molar-refractivity contribution is 0.111. The van der Waals surface area contributed by atoms with Crippen LogP contribution >= 0.6 is 0 Å². The molecule has 1 aliphatic rings. The molecule has 2 atom stereocenters. The van der Waals surface area contributed by atoms with Gasteiger partial charge in [-0.05, 0) is 38.2 Å². The standard InChI is InChI=1S/C14H21NO/c1-11-4-2-5-12(8-11)10-15-13-6-3-7-14(16)9-13/h2,4-5,8,13-16H,3,6-7,9-10H2,1H3. The Kier molecular flexibility index (Phi) is 3.97. The average molecular weight is 219 g/mol. The molecule has 1 aromatic rings. The van der Waals surface area contributed by atoms with Crippen LogP contribution in [0.3, 0.4) is 0 Å². The smallest absolute Gasteiger partial charge is 0.0555 e. The van der Waals surface area contributed by atoms with Crippen LogP contribution in [0.2, 0.25) is 0 Å². The highest BCUT2D eigenvalue weighted by atomic mass is 16.3. The topological polar surface area (TPSA) is 32.3 Å². The van der Waals surface area contributed by atoms with Gasteiger partial charge in [0, 0.05) is 12.6 Å². The van der Waals surface area contributed by atoms with Gasteiger partial charge in [-0.2, -0.15) is 0 Å². The molecule has 0 aromatic heterocycles. The fourth-order valence-corrected chi connectivity index (χ4v) is 2.43. The van der Waals surface area contributed by atoms with Gasteiger partial charge in [-0.15, -0.1) is 0 Å². The minimum atomic E-state index is -0.0937. The molecule has 1 aliphatic carbocycles. The fourth-order valence-electron chi connectivity index (χ4n) is 2.43. The summed E-state index contributed by atoms with van der Waals surface area (Å²) in [6.45, 7) is 3.03. The molecule has 1 saturated carbocycles.